The van der Waals surface area contributed by atoms with E-state index in [-0.39, 0.29) is 24.3 Å². The molecule has 1 aliphatic heterocycles. The first-order valence-electron chi connectivity index (χ1n) is 5.58. The number of carbonyl (C=O) groups is 1. The fourth-order valence-electron chi connectivity index (χ4n) is 1.88. The number of carbonyl (C=O) groups excluding carboxylic acids is 2. The Hall–Kier alpha value is -1.19. The number of hydrogen-bond acceptors (Lipinski definition) is 5. The average molecular weight is 227 g/mol. The minimum Gasteiger partial charge on any atom is -0.466 e. The van der Waals surface area contributed by atoms with Gasteiger partial charge in [-0.25, -0.2) is 9.79 Å². The van der Waals surface area contributed by atoms with Crippen LogP contribution in [0.25, 0.3) is 0 Å². The van der Waals surface area contributed by atoms with Gasteiger partial charge in [0.2, 0.25) is 6.08 Å². The lowest BCUT2D eigenvalue weighted by atomic mass is 9.90. The molecule has 1 unspecified atom stereocenters. The summed E-state index contributed by atoms with van der Waals surface area (Å²) in [6, 6.07) is -0.305. The number of rotatable bonds is 5. The SMILES string of the molecule is CCOC(=O)CC(N=C=O)C1CCOCC1. The summed E-state index contributed by atoms with van der Waals surface area (Å²) in [7, 11) is 0. The normalized spacial score (nSPS) is 18.6. The molecule has 1 atom stereocenters. The van der Waals surface area contributed by atoms with Crippen LogP contribution in [0.4, 0.5) is 0 Å². The molecule has 1 aliphatic rings. The van der Waals surface area contributed by atoms with E-state index in [0.29, 0.717) is 19.8 Å². The van der Waals surface area contributed by atoms with Crippen molar-refractivity contribution in [2.45, 2.75) is 32.2 Å². The Morgan fingerprint density at radius 1 is 1.56 bits per heavy atom. The second-order valence-electron chi connectivity index (χ2n) is 3.75. The van der Waals surface area contributed by atoms with Crippen LogP contribution in [0.15, 0.2) is 4.99 Å². The molecule has 0 aromatic rings. The lowest BCUT2D eigenvalue weighted by Gasteiger charge is -2.26. The minimum absolute atomic E-state index is 0.160. The molecule has 90 valence electrons. The molecule has 0 aliphatic carbocycles. The van der Waals surface area contributed by atoms with E-state index in [0.717, 1.165) is 12.8 Å². The molecule has 1 rings (SSSR count). The molecule has 1 heterocycles. The van der Waals surface area contributed by atoms with Crippen LogP contribution in [0.5, 0.6) is 0 Å². The zero-order valence-electron chi connectivity index (χ0n) is 9.48. The van der Waals surface area contributed by atoms with Gasteiger partial charge in [-0.05, 0) is 25.7 Å². The number of ether oxygens (including phenoxy) is 2. The lowest BCUT2D eigenvalue weighted by Crippen LogP contribution is -2.28. The highest BCUT2D eigenvalue weighted by atomic mass is 16.5. The van der Waals surface area contributed by atoms with E-state index in [1.807, 2.05) is 0 Å². The number of aliphatic imine (C=N–C) groups is 1. The summed E-state index contributed by atoms with van der Waals surface area (Å²) < 4.78 is 10.1. The second-order valence-corrected chi connectivity index (χ2v) is 3.75. The molecule has 0 saturated carbocycles. The Morgan fingerprint density at radius 2 is 2.25 bits per heavy atom. The van der Waals surface area contributed by atoms with E-state index in [4.69, 9.17) is 9.47 Å². The molecule has 1 saturated heterocycles. The highest BCUT2D eigenvalue weighted by Gasteiger charge is 2.26. The maximum absolute atomic E-state index is 11.3. The molecule has 5 heteroatoms. The Labute approximate surface area is 94.8 Å². The van der Waals surface area contributed by atoms with Gasteiger partial charge >= 0.3 is 5.97 Å². The van der Waals surface area contributed by atoms with Crippen molar-refractivity contribution < 1.29 is 19.1 Å². The van der Waals surface area contributed by atoms with Gasteiger partial charge in [-0.1, -0.05) is 0 Å². The second kappa shape index (κ2) is 7.14. The van der Waals surface area contributed by atoms with Gasteiger partial charge in [0.15, 0.2) is 0 Å². The quantitative estimate of drug-likeness (QED) is 0.400. The third kappa shape index (κ3) is 4.13. The van der Waals surface area contributed by atoms with Crippen molar-refractivity contribution in [2.24, 2.45) is 10.9 Å². The predicted molar refractivity (Wildman–Crippen MR) is 56.7 cm³/mol. The molecular weight excluding hydrogens is 210 g/mol. The van der Waals surface area contributed by atoms with E-state index in [2.05, 4.69) is 4.99 Å². The van der Waals surface area contributed by atoms with Gasteiger partial charge in [-0.2, -0.15) is 0 Å². The molecule has 0 amide bonds. The monoisotopic (exact) mass is 227 g/mol. The van der Waals surface area contributed by atoms with E-state index in [1.54, 1.807) is 6.92 Å². The third-order valence-electron chi connectivity index (χ3n) is 2.71. The smallest absolute Gasteiger partial charge is 0.307 e. The zero-order valence-corrected chi connectivity index (χ0v) is 9.48. The summed E-state index contributed by atoms with van der Waals surface area (Å²) in [6.07, 6.45) is 3.36. The number of hydrogen-bond donors (Lipinski definition) is 0. The lowest BCUT2D eigenvalue weighted by molar-refractivity contribution is -0.144. The largest absolute Gasteiger partial charge is 0.466 e. The van der Waals surface area contributed by atoms with Crippen LogP contribution in [-0.4, -0.2) is 37.9 Å². The Bertz CT molecular complexity index is 267. The van der Waals surface area contributed by atoms with E-state index < -0.39 is 0 Å². The average Bonchev–Trinajstić information content (AvgIpc) is 2.30. The van der Waals surface area contributed by atoms with Crippen LogP contribution >= 0.6 is 0 Å². The Morgan fingerprint density at radius 3 is 2.81 bits per heavy atom. The summed E-state index contributed by atoms with van der Waals surface area (Å²) in [6.45, 7) is 3.44. The molecule has 0 spiro atoms. The van der Waals surface area contributed by atoms with Crippen LogP contribution in [0.3, 0.4) is 0 Å². The fraction of sp³-hybridized carbons (Fsp3) is 0.818. The molecular formula is C11H17NO4. The Kier molecular flexibility index (Phi) is 5.75. The highest BCUT2D eigenvalue weighted by Crippen LogP contribution is 2.23. The molecule has 1 fully saturated rings. The van der Waals surface area contributed by atoms with Crippen molar-refractivity contribution in [1.82, 2.24) is 0 Å². The third-order valence-corrected chi connectivity index (χ3v) is 2.71. The van der Waals surface area contributed by atoms with Crippen LogP contribution in [-0.2, 0) is 19.1 Å². The number of esters is 1. The van der Waals surface area contributed by atoms with Crippen LogP contribution in [0.1, 0.15) is 26.2 Å². The van der Waals surface area contributed by atoms with E-state index in [1.165, 1.54) is 6.08 Å². The highest BCUT2D eigenvalue weighted by molar-refractivity contribution is 5.70. The molecule has 5 nitrogen and oxygen atoms in total. The predicted octanol–water partition coefficient (Wildman–Crippen LogP) is 1.07. The minimum atomic E-state index is -0.307. The van der Waals surface area contributed by atoms with Crippen LogP contribution in [0.2, 0.25) is 0 Å². The zero-order chi connectivity index (χ0) is 11.8. The standard InChI is InChI=1S/C11H17NO4/c1-2-16-11(14)7-10(12-8-13)9-3-5-15-6-4-9/h9-10H,2-7H2,1H3. The summed E-state index contributed by atoms with van der Waals surface area (Å²) in [4.78, 5) is 25.4. The van der Waals surface area contributed by atoms with Crippen molar-refractivity contribution in [3.05, 3.63) is 0 Å². The fourth-order valence-corrected chi connectivity index (χ4v) is 1.88. The van der Waals surface area contributed by atoms with Crippen molar-refractivity contribution >= 4 is 12.0 Å². The van der Waals surface area contributed by atoms with Gasteiger partial charge in [0.1, 0.15) is 0 Å². The van der Waals surface area contributed by atoms with Gasteiger partial charge in [0.05, 0.1) is 19.1 Å². The van der Waals surface area contributed by atoms with Crippen LogP contribution in [0, 0.1) is 5.92 Å². The van der Waals surface area contributed by atoms with Crippen molar-refractivity contribution in [2.75, 3.05) is 19.8 Å². The van der Waals surface area contributed by atoms with Crippen molar-refractivity contribution in [1.29, 1.82) is 0 Å². The van der Waals surface area contributed by atoms with Gasteiger partial charge in [0.25, 0.3) is 0 Å². The summed E-state index contributed by atoms with van der Waals surface area (Å²) >= 11 is 0. The molecule has 0 radical (unpaired) electrons. The van der Waals surface area contributed by atoms with Gasteiger partial charge in [0, 0.05) is 13.2 Å². The topological polar surface area (TPSA) is 65.0 Å². The molecule has 0 N–H and O–H groups in total. The maximum Gasteiger partial charge on any atom is 0.307 e. The number of nitrogens with zero attached hydrogens (tertiary/aromatic N) is 1. The van der Waals surface area contributed by atoms with E-state index in [9.17, 15) is 9.59 Å². The Balaban J connectivity index is 2.51. The van der Waals surface area contributed by atoms with Crippen LogP contribution < -0.4 is 0 Å². The summed E-state index contributed by atoms with van der Waals surface area (Å²) in [5.74, 6) is -0.0856. The maximum atomic E-state index is 11.3. The molecule has 0 bridgehead atoms. The summed E-state index contributed by atoms with van der Waals surface area (Å²) in [5.41, 5.74) is 0. The number of isocyanates is 1. The molecule has 0 aromatic carbocycles. The molecule has 0 aromatic heterocycles. The first kappa shape index (κ1) is 12.9. The summed E-state index contributed by atoms with van der Waals surface area (Å²) in [5, 5.41) is 0. The molecule has 16 heavy (non-hydrogen) atoms. The van der Waals surface area contributed by atoms with Crippen molar-refractivity contribution in [3.63, 3.8) is 0 Å². The van der Waals surface area contributed by atoms with E-state index >= 15 is 0 Å². The first-order valence-corrected chi connectivity index (χ1v) is 5.58. The van der Waals surface area contributed by atoms with Gasteiger partial charge in [-0.3, -0.25) is 4.79 Å². The van der Waals surface area contributed by atoms with Gasteiger partial charge in [-0.15, -0.1) is 0 Å². The van der Waals surface area contributed by atoms with Gasteiger partial charge < -0.3 is 9.47 Å². The first-order chi connectivity index (χ1) is 7.77. The van der Waals surface area contributed by atoms with Crippen molar-refractivity contribution in [3.8, 4) is 0 Å².